The predicted octanol–water partition coefficient (Wildman–Crippen LogP) is 4.51. The summed E-state index contributed by atoms with van der Waals surface area (Å²) in [5.74, 6) is 0. The van der Waals surface area contributed by atoms with E-state index >= 15 is 0 Å². The quantitative estimate of drug-likeness (QED) is 0.851. The van der Waals surface area contributed by atoms with Crippen LogP contribution in [0.25, 0.3) is 16.3 Å². The van der Waals surface area contributed by atoms with E-state index in [2.05, 4.69) is 65.7 Å². The van der Waals surface area contributed by atoms with E-state index in [9.17, 15) is 4.79 Å². The molecule has 28 heavy (non-hydrogen) atoms. The molecule has 2 fully saturated rings. The average Bonchev–Trinajstić information content (AvgIpc) is 3.25. The number of benzene rings is 2. The highest BCUT2D eigenvalue weighted by Gasteiger charge is 2.23. The van der Waals surface area contributed by atoms with Crippen molar-refractivity contribution in [3.63, 3.8) is 0 Å². The Morgan fingerprint density at radius 1 is 1.04 bits per heavy atom. The maximum Gasteiger partial charge on any atom is 0.317 e. The lowest BCUT2D eigenvalue weighted by Crippen LogP contribution is -2.53. The molecule has 1 heterocycles. The monoisotopic (exact) mass is 377 g/mol. The number of allylic oxidation sites excluding steroid dienone is 1. The van der Waals surface area contributed by atoms with Crippen molar-refractivity contribution in [1.82, 2.24) is 15.1 Å². The highest BCUT2D eigenvalue weighted by atomic mass is 16.2. The van der Waals surface area contributed by atoms with Crippen LogP contribution in [0.1, 0.15) is 38.2 Å². The van der Waals surface area contributed by atoms with Crippen LogP contribution >= 0.6 is 0 Å². The third kappa shape index (κ3) is 4.56. The van der Waals surface area contributed by atoms with Gasteiger partial charge in [0.1, 0.15) is 0 Å². The van der Waals surface area contributed by atoms with Crippen LogP contribution in [0, 0.1) is 0 Å². The van der Waals surface area contributed by atoms with Gasteiger partial charge in [0.05, 0.1) is 0 Å². The van der Waals surface area contributed by atoms with Crippen molar-refractivity contribution < 1.29 is 4.79 Å². The first-order chi connectivity index (χ1) is 13.7. The SMILES string of the molecule is C/C(=C\CN1CCN(C(=O)NC2CCCC2)CC1)c1ccc2ccccc2c1. The van der Waals surface area contributed by atoms with Gasteiger partial charge in [-0.3, -0.25) is 4.90 Å². The van der Waals surface area contributed by atoms with Gasteiger partial charge in [0.2, 0.25) is 0 Å². The number of nitrogens with one attached hydrogen (secondary N) is 1. The van der Waals surface area contributed by atoms with Crippen LogP contribution in [0.3, 0.4) is 0 Å². The molecule has 0 aromatic heterocycles. The van der Waals surface area contributed by atoms with Crippen LogP contribution < -0.4 is 5.32 Å². The Balaban J connectivity index is 1.28. The lowest BCUT2D eigenvalue weighted by atomic mass is 10.0. The first kappa shape index (κ1) is 19.0. The van der Waals surface area contributed by atoms with Gasteiger partial charge in [0.15, 0.2) is 0 Å². The van der Waals surface area contributed by atoms with Crippen LogP contribution in [-0.4, -0.2) is 54.6 Å². The zero-order valence-corrected chi connectivity index (χ0v) is 16.9. The van der Waals surface area contributed by atoms with Crippen molar-refractivity contribution in [3.05, 3.63) is 54.1 Å². The number of piperazine rings is 1. The fourth-order valence-electron chi connectivity index (χ4n) is 4.29. The molecule has 4 rings (SSSR count). The van der Waals surface area contributed by atoms with E-state index in [1.165, 1.54) is 34.8 Å². The van der Waals surface area contributed by atoms with Crippen molar-refractivity contribution in [1.29, 1.82) is 0 Å². The topological polar surface area (TPSA) is 35.6 Å². The number of urea groups is 1. The number of hydrogen-bond acceptors (Lipinski definition) is 2. The molecule has 1 N–H and O–H groups in total. The maximum atomic E-state index is 12.4. The molecule has 1 saturated heterocycles. The zero-order chi connectivity index (χ0) is 19.3. The Labute approximate surface area is 168 Å². The van der Waals surface area contributed by atoms with Crippen LogP contribution in [0.15, 0.2) is 48.5 Å². The summed E-state index contributed by atoms with van der Waals surface area (Å²) in [5.41, 5.74) is 2.60. The van der Waals surface area contributed by atoms with Gasteiger partial charge in [0.25, 0.3) is 0 Å². The Morgan fingerprint density at radius 2 is 1.75 bits per heavy atom. The number of carbonyl (C=O) groups is 1. The molecule has 4 heteroatoms. The molecular weight excluding hydrogens is 346 g/mol. The van der Waals surface area contributed by atoms with Gasteiger partial charge in [-0.25, -0.2) is 4.79 Å². The predicted molar refractivity (Wildman–Crippen MR) is 116 cm³/mol. The van der Waals surface area contributed by atoms with Crippen LogP contribution in [-0.2, 0) is 0 Å². The molecule has 2 amide bonds. The van der Waals surface area contributed by atoms with Crippen molar-refractivity contribution in [2.24, 2.45) is 0 Å². The summed E-state index contributed by atoms with van der Waals surface area (Å²) >= 11 is 0. The number of amides is 2. The second kappa shape index (κ2) is 8.78. The highest BCUT2D eigenvalue weighted by molar-refractivity contribution is 5.86. The summed E-state index contributed by atoms with van der Waals surface area (Å²) in [7, 11) is 0. The minimum Gasteiger partial charge on any atom is -0.335 e. The Morgan fingerprint density at radius 3 is 2.50 bits per heavy atom. The molecule has 0 spiro atoms. The van der Waals surface area contributed by atoms with Gasteiger partial charge in [-0.2, -0.15) is 0 Å². The Kier molecular flexibility index (Phi) is 5.96. The fraction of sp³-hybridized carbons (Fsp3) is 0.458. The second-order valence-corrected chi connectivity index (χ2v) is 8.17. The van der Waals surface area contributed by atoms with E-state index < -0.39 is 0 Å². The third-order valence-corrected chi connectivity index (χ3v) is 6.20. The number of rotatable bonds is 4. The molecule has 2 aromatic rings. The highest BCUT2D eigenvalue weighted by Crippen LogP contribution is 2.21. The Bertz CT molecular complexity index is 846. The summed E-state index contributed by atoms with van der Waals surface area (Å²) < 4.78 is 0. The Hall–Kier alpha value is -2.33. The smallest absolute Gasteiger partial charge is 0.317 e. The van der Waals surface area contributed by atoms with E-state index in [-0.39, 0.29) is 6.03 Å². The molecular formula is C24H31N3O. The average molecular weight is 378 g/mol. The first-order valence-corrected chi connectivity index (χ1v) is 10.6. The molecule has 2 aliphatic rings. The first-order valence-electron chi connectivity index (χ1n) is 10.6. The maximum absolute atomic E-state index is 12.4. The molecule has 4 nitrogen and oxygen atoms in total. The van der Waals surface area contributed by atoms with Crippen molar-refractivity contribution in [3.8, 4) is 0 Å². The standard InChI is InChI=1S/C24H31N3O/c1-19(21-11-10-20-6-2-3-7-22(20)18-21)12-13-26-14-16-27(17-15-26)24(28)25-23-8-4-5-9-23/h2-3,6-7,10-12,18,23H,4-5,8-9,13-17H2,1H3,(H,25,28)/b19-12+. The largest absolute Gasteiger partial charge is 0.335 e. The zero-order valence-electron chi connectivity index (χ0n) is 16.9. The molecule has 2 aromatic carbocycles. The third-order valence-electron chi connectivity index (χ3n) is 6.20. The summed E-state index contributed by atoms with van der Waals surface area (Å²) in [5, 5.41) is 5.78. The fourth-order valence-corrected chi connectivity index (χ4v) is 4.29. The van der Waals surface area contributed by atoms with E-state index in [4.69, 9.17) is 0 Å². The molecule has 0 bridgehead atoms. The summed E-state index contributed by atoms with van der Waals surface area (Å²) in [6.07, 6.45) is 7.11. The normalized spacial score (nSPS) is 19.3. The van der Waals surface area contributed by atoms with Crippen LogP contribution in [0.4, 0.5) is 4.79 Å². The molecule has 1 aliphatic heterocycles. The van der Waals surface area contributed by atoms with Crippen molar-refractivity contribution in [2.75, 3.05) is 32.7 Å². The van der Waals surface area contributed by atoms with Gasteiger partial charge in [-0.1, -0.05) is 55.3 Å². The summed E-state index contributed by atoms with van der Waals surface area (Å²) in [6.45, 7) is 6.66. The number of hydrogen-bond donors (Lipinski definition) is 1. The number of nitrogens with zero attached hydrogens (tertiary/aromatic N) is 2. The van der Waals surface area contributed by atoms with Crippen LogP contribution in [0.2, 0.25) is 0 Å². The molecule has 0 unspecified atom stereocenters. The van der Waals surface area contributed by atoms with E-state index in [1.54, 1.807) is 0 Å². The minimum absolute atomic E-state index is 0.134. The lowest BCUT2D eigenvalue weighted by molar-refractivity contribution is 0.144. The molecule has 0 atom stereocenters. The number of fused-ring (bicyclic) bond motifs is 1. The van der Waals surface area contributed by atoms with E-state index in [0.717, 1.165) is 45.6 Å². The molecule has 1 saturated carbocycles. The molecule has 1 aliphatic carbocycles. The van der Waals surface area contributed by atoms with Crippen LogP contribution in [0.5, 0.6) is 0 Å². The van der Waals surface area contributed by atoms with Crippen molar-refractivity contribution in [2.45, 2.75) is 38.6 Å². The van der Waals surface area contributed by atoms with E-state index in [0.29, 0.717) is 6.04 Å². The van der Waals surface area contributed by atoms with Gasteiger partial charge in [0, 0.05) is 38.8 Å². The van der Waals surface area contributed by atoms with Crippen molar-refractivity contribution >= 4 is 22.4 Å². The lowest BCUT2D eigenvalue weighted by Gasteiger charge is -2.34. The van der Waals surface area contributed by atoms with Gasteiger partial charge in [-0.05, 0) is 47.7 Å². The molecule has 0 radical (unpaired) electrons. The second-order valence-electron chi connectivity index (χ2n) is 8.17. The summed E-state index contributed by atoms with van der Waals surface area (Å²) in [4.78, 5) is 16.8. The van der Waals surface area contributed by atoms with E-state index in [1.807, 2.05) is 4.90 Å². The minimum atomic E-state index is 0.134. The van der Waals surface area contributed by atoms with Gasteiger partial charge >= 0.3 is 6.03 Å². The number of carbonyl (C=O) groups excluding carboxylic acids is 1. The molecule has 148 valence electrons. The summed E-state index contributed by atoms with van der Waals surface area (Å²) in [6, 6.07) is 15.7. The van der Waals surface area contributed by atoms with Gasteiger partial charge < -0.3 is 10.2 Å². The van der Waals surface area contributed by atoms with Gasteiger partial charge in [-0.15, -0.1) is 0 Å².